The quantitative estimate of drug-likeness (QED) is 0.653. The van der Waals surface area contributed by atoms with Crippen molar-refractivity contribution in [2.75, 3.05) is 0 Å². The van der Waals surface area contributed by atoms with Crippen LogP contribution in [0.2, 0.25) is 0 Å². The van der Waals surface area contributed by atoms with E-state index in [2.05, 4.69) is 30.8 Å². The maximum Gasteiger partial charge on any atom is 0.00643 e. The molecule has 2 N–H and O–H groups in total. The van der Waals surface area contributed by atoms with Crippen LogP contribution in [0.3, 0.4) is 0 Å². The van der Waals surface area contributed by atoms with Gasteiger partial charge in [-0.15, -0.1) is 0 Å². The third kappa shape index (κ3) is 4.28. The summed E-state index contributed by atoms with van der Waals surface area (Å²) in [7, 11) is 0. The molecule has 0 aliphatic heterocycles. The van der Waals surface area contributed by atoms with Crippen LogP contribution in [0.5, 0.6) is 0 Å². The number of rotatable bonds is 7. The lowest BCUT2D eigenvalue weighted by Crippen LogP contribution is -2.04. The Hall–Kier alpha value is -1.70. The van der Waals surface area contributed by atoms with Gasteiger partial charge in [-0.3, -0.25) is 0 Å². The van der Waals surface area contributed by atoms with E-state index in [0.29, 0.717) is 11.6 Å². The molecule has 1 aromatic rings. The van der Waals surface area contributed by atoms with E-state index in [4.69, 9.17) is 10.8 Å². The molecule has 2 heteroatoms. The fourth-order valence-corrected chi connectivity index (χ4v) is 2.08. The van der Waals surface area contributed by atoms with Gasteiger partial charge in [0.15, 0.2) is 0 Å². The summed E-state index contributed by atoms with van der Waals surface area (Å²) in [5.41, 5.74) is 4.19. The van der Waals surface area contributed by atoms with Crippen molar-refractivity contribution in [2.45, 2.75) is 39.0 Å². The second-order valence-electron chi connectivity index (χ2n) is 4.87. The highest BCUT2D eigenvalue weighted by Gasteiger charge is 2.12. The summed E-state index contributed by atoms with van der Waals surface area (Å²) < 4.78 is 0. The van der Waals surface area contributed by atoms with Crippen molar-refractivity contribution in [1.82, 2.24) is 0 Å². The molecule has 0 bridgehead atoms. The topological polar surface area (TPSA) is 47.7 Å². The van der Waals surface area contributed by atoms with Crippen LogP contribution in [0, 0.1) is 10.8 Å². The van der Waals surface area contributed by atoms with Crippen molar-refractivity contribution in [3.05, 3.63) is 42.0 Å². The minimum Gasteiger partial charge on any atom is -0.313 e. The van der Waals surface area contributed by atoms with Gasteiger partial charge in [0.05, 0.1) is 0 Å². The Morgan fingerprint density at radius 1 is 1.28 bits per heavy atom. The van der Waals surface area contributed by atoms with Gasteiger partial charge in [0, 0.05) is 5.71 Å². The maximum absolute atomic E-state index is 7.65. The zero-order valence-corrected chi connectivity index (χ0v) is 11.3. The molecule has 0 aliphatic carbocycles. The minimum absolute atomic E-state index is 0.350. The van der Waals surface area contributed by atoms with E-state index in [9.17, 15) is 0 Å². The van der Waals surface area contributed by atoms with Gasteiger partial charge in [-0.1, -0.05) is 36.4 Å². The smallest absolute Gasteiger partial charge is 0.00643 e. The van der Waals surface area contributed by atoms with Crippen molar-refractivity contribution in [1.29, 1.82) is 10.8 Å². The Morgan fingerprint density at radius 2 is 1.89 bits per heavy atom. The van der Waals surface area contributed by atoms with E-state index in [1.165, 1.54) is 11.8 Å². The molecule has 1 rings (SSSR count). The predicted octanol–water partition coefficient (Wildman–Crippen LogP) is 4.66. The van der Waals surface area contributed by atoms with E-state index >= 15 is 0 Å². The van der Waals surface area contributed by atoms with Gasteiger partial charge in [-0.2, -0.15) is 0 Å². The molecule has 0 saturated heterocycles. The van der Waals surface area contributed by atoms with Crippen molar-refractivity contribution in [3.8, 4) is 0 Å². The van der Waals surface area contributed by atoms with Gasteiger partial charge in [-0.25, -0.2) is 0 Å². The van der Waals surface area contributed by atoms with E-state index in [-0.39, 0.29) is 0 Å². The third-order valence-electron chi connectivity index (χ3n) is 3.09. The van der Waals surface area contributed by atoms with Gasteiger partial charge < -0.3 is 10.8 Å². The van der Waals surface area contributed by atoms with Crippen LogP contribution in [0.4, 0.5) is 0 Å². The molecule has 0 spiro atoms. The van der Waals surface area contributed by atoms with Crippen molar-refractivity contribution >= 4 is 17.5 Å². The Bertz CT molecular complexity index is 429. The van der Waals surface area contributed by atoms with E-state index in [1.807, 2.05) is 13.8 Å². The molecular formula is C16H22N2. The van der Waals surface area contributed by atoms with Crippen LogP contribution in [-0.2, 0) is 0 Å². The molecule has 0 amide bonds. The molecule has 2 nitrogen and oxygen atoms in total. The summed E-state index contributed by atoms with van der Waals surface area (Å²) in [5.74, 6) is 0.350. The first-order valence-electron chi connectivity index (χ1n) is 6.33. The summed E-state index contributed by atoms with van der Waals surface area (Å²) in [5, 5.41) is 14.8. The normalized spacial score (nSPS) is 11.9. The van der Waals surface area contributed by atoms with Gasteiger partial charge in [0.2, 0.25) is 0 Å². The molecule has 0 aromatic heterocycles. The molecule has 96 valence electrons. The first kappa shape index (κ1) is 14.4. The SMILES string of the molecule is C=C(C)c1ccc(C(CCC=N)CC(C)=N)cc1. The lowest BCUT2D eigenvalue weighted by atomic mass is 9.89. The maximum atomic E-state index is 7.65. The van der Waals surface area contributed by atoms with Crippen LogP contribution in [0.1, 0.15) is 50.2 Å². The molecule has 0 radical (unpaired) electrons. The standard InChI is InChI=1S/C16H22N2/c1-12(2)14-6-8-15(9-7-14)16(5-4-10-17)11-13(3)18/h6-10,16-18H,1,4-5,11H2,2-3H3. The van der Waals surface area contributed by atoms with Crippen molar-refractivity contribution < 1.29 is 0 Å². The lowest BCUT2D eigenvalue weighted by Gasteiger charge is -2.16. The Morgan fingerprint density at radius 3 is 2.33 bits per heavy atom. The molecule has 18 heavy (non-hydrogen) atoms. The highest BCUT2D eigenvalue weighted by atomic mass is 14.4. The van der Waals surface area contributed by atoms with Crippen LogP contribution in [0.15, 0.2) is 30.8 Å². The number of nitrogens with one attached hydrogen (secondary N) is 2. The summed E-state index contributed by atoms with van der Waals surface area (Å²) >= 11 is 0. The first-order valence-corrected chi connectivity index (χ1v) is 6.33. The lowest BCUT2D eigenvalue weighted by molar-refractivity contribution is 0.666. The highest BCUT2D eigenvalue weighted by molar-refractivity contribution is 5.79. The molecule has 0 heterocycles. The van der Waals surface area contributed by atoms with Crippen LogP contribution < -0.4 is 0 Å². The number of benzene rings is 1. The van der Waals surface area contributed by atoms with E-state index < -0.39 is 0 Å². The Balaban J connectivity index is 2.86. The minimum atomic E-state index is 0.350. The van der Waals surface area contributed by atoms with Gasteiger partial charge in [-0.05, 0) is 56.4 Å². The molecular weight excluding hydrogens is 220 g/mol. The van der Waals surface area contributed by atoms with E-state index in [1.54, 1.807) is 0 Å². The van der Waals surface area contributed by atoms with Crippen LogP contribution in [-0.4, -0.2) is 11.9 Å². The number of hydrogen-bond acceptors (Lipinski definition) is 2. The Kier molecular flexibility index (Phi) is 5.50. The molecule has 0 aliphatic rings. The summed E-state index contributed by atoms with van der Waals surface area (Å²) in [6.07, 6.45) is 3.95. The number of hydrogen-bond donors (Lipinski definition) is 2. The molecule has 0 saturated carbocycles. The second kappa shape index (κ2) is 6.90. The first-order chi connectivity index (χ1) is 8.54. The second-order valence-corrected chi connectivity index (χ2v) is 4.87. The predicted molar refractivity (Wildman–Crippen MR) is 79.9 cm³/mol. The van der Waals surface area contributed by atoms with Gasteiger partial charge >= 0.3 is 0 Å². The molecule has 0 fully saturated rings. The molecule has 1 atom stereocenters. The van der Waals surface area contributed by atoms with Gasteiger partial charge in [0.1, 0.15) is 0 Å². The van der Waals surface area contributed by atoms with Crippen molar-refractivity contribution in [2.24, 2.45) is 0 Å². The Labute approximate surface area is 110 Å². The monoisotopic (exact) mass is 242 g/mol. The zero-order chi connectivity index (χ0) is 13.5. The molecule has 1 unspecified atom stereocenters. The summed E-state index contributed by atoms with van der Waals surface area (Å²) in [6.45, 7) is 7.78. The largest absolute Gasteiger partial charge is 0.313 e. The average Bonchev–Trinajstić information content (AvgIpc) is 2.34. The van der Waals surface area contributed by atoms with E-state index in [0.717, 1.165) is 30.4 Å². The third-order valence-corrected chi connectivity index (χ3v) is 3.09. The van der Waals surface area contributed by atoms with Crippen LogP contribution in [0.25, 0.3) is 5.57 Å². The fourth-order valence-electron chi connectivity index (χ4n) is 2.08. The summed E-state index contributed by atoms with van der Waals surface area (Å²) in [6, 6.07) is 8.44. The van der Waals surface area contributed by atoms with Gasteiger partial charge in [0.25, 0.3) is 0 Å². The summed E-state index contributed by atoms with van der Waals surface area (Å²) in [4.78, 5) is 0. The average molecular weight is 242 g/mol. The fraction of sp³-hybridized carbons (Fsp3) is 0.375. The zero-order valence-electron chi connectivity index (χ0n) is 11.3. The van der Waals surface area contributed by atoms with Crippen molar-refractivity contribution in [3.63, 3.8) is 0 Å². The highest BCUT2D eigenvalue weighted by Crippen LogP contribution is 2.26. The van der Waals surface area contributed by atoms with Crippen LogP contribution >= 0.6 is 0 Å². The number of allylic oxidation sites excluding steroid dienone is 1. The molecule has 1 aromatic carbocycles.